The normalized spacial score (nSPS) is 25.7. The number of aromatic nitrogens is 2. The summed E-state index contributed by atoms with van der Waals surface area (Å²) < 4.78 is 10.7. The molecule has 1 aliphatic carbocycles. The van der Waals surface area contributed by atoms with Gasteiger partial charge >= 0.3 is 0 Å². The molecule has 1 saturated heterocycles. The van der Waals surface area contributed by atoms with Crippen molar-refractivity contribution in [3.8, 4) is 0 Å². The third-order valence-electron chi connectivity index (χ3n) is 4.27. The summed E-state index contributed by atoms with van der Waals surface area (Å²) in [5.41, 5.74) is 0. The maximum Gasteiger partial charge on any atom is 0.226 e. The lowest BCUT2D eigenvalue weighted by Gasteiger charge is -2.20. The van der Waals surface area contributed by atoms with E-state index in [4.69, 9.17) is 9.26 Å². The van der Waals surface area contributed by atoms with Gasteiger partial charge in [-0.3, -0.25) is 0 Å². The molecular weight excluding hydrogens is 228 g/mol. The number of rotatable bonds is 4. The predicted molar refractivity (Wildman–Crippen MR) is 67.4 cm³/mol. The third-order valence-corrected chi connectivity index (χ3v) is 4.27. The molecule has 1 aliphatic heterocycles. The summed E-state index contributed by atoms with van der Waals surface area (Å²) in [6, 6.07) is 0. The lowest BCUT2D eigenvalue weighted by atomic mass is 9.86. The molecule has 0 radical (unpaired) electrons. The van der Waals surface area contributed by atoms with Crippen molar-refractivity contribution in [3.05, 3.63) is 11.7 Å². The van der Waals surface area contributed by atoms with E-state index < -0.39 is 0 Å². The van der Waals surface area contributed by atoms with Crippen LogP contribution in [0, 0.1) is 5.92 Å². The van der Waals surface area contributed by atoms with Crippen molar-refractivity contribution in [2.24, 2.45) is 5.92 Å². The van der Waals surface area contributed by atoms with Crippen LogP contribution < -0.4 is 0 Å². The van der Waals surface area contributed by atoms with Gasteiger partial charge in [-0.2, -0.15) is 4.98 Å². The lowest BCUT2D eigenvalue weighted by Crippen LogP contribution is -2.07. The first-order valence-electron chi connectivity index (χ1n) is 7.32. The summed E-state index contributed by atoms with van der Waals surface area (Å²) >= 11 is 0. The van der Waals surface area contributed by atoms with Crippen molar-refractivity contribution in [1.29, 1.82) is 0 Å². The monoisotopic (exact) mass is 250 g/mol. The summed E-state index contributed by atoms with van der Waals surface area (Å²) in [7, 11) is 0. The molecule has 18 heavy (non-hydrogen) atoms. The Balaban J connectivity index is 1.50. The second-order valence-corrected chi connectivity index (χ2v) is 5.65. The van der Waals surface area contributed by atoms with Crippen LogP contribution in [0.1, 0.15) is 62.6 Å². The number of hydrogen-bond acceptors (Lipinski definition) is 4. The van der Waals surface area contributed by atoms with Crippen molar-refractivity contribution < 1.29 is 9.26 Å². The molecule has 2 heterocycles. The number of hydrogen-bond donors (Lipinski definition) is 0. The smallest absolute Gasteiger partial charge is 0.226 e. The zero-order valence-electron chi connectivity index (χ0n) is 10.9. The molecule has 1 aromatic heterocycles. The van der Waals surface area contributed by atoms with Crippen molar-refractivity contribution in [2.75, 3.05) is 13.2 Å². The summed E-state index contributed by atoms with van der Waals surface area (Å²) in [6.07, 6.45) is 10.2. The van der Waals surface area contributed by atoms with E-state index in [0.717, 1.165) is 43.7 Å². The van der Waals surface area contributed by atoms with E-state index in [-0.39, 0.29) is 0 Å². The summed E-state index contributed by atoms with van der Waals surface area (Å²) in [5.74, 6) is 2.91. The SMILES string of the molecule is C1CCC(CCc2nc([C@@H]3CCOC3)no2)CC1. The molecule has 2 aliphatic rings. The van der Waals surface area contributed by atoms with Gasteiger partial charge in [0.05, 0.1) is 6.61 Å². The van der Waals surface area contributed by atoms with Crippen molar-refractivity contribution in [3.63, 3.8) is 0 Å². The summed E-state index contributed by atoms with van der Waals surface area (Å²) in [4.78, 5) is 4.52. The molecule has 4 nitrogen and oxygen atoms in total. The molecule has 0 spiro atoms. The van der Waals surface area contributed by atoms with Gasteiger partial charge in [-0.15, -0.1) is 0 Å². The highest BCUT2D eigenvalue weighted by Crippen LogP contribution is 2.28. The molecule has 0 aromatic carbocycles. The van der Waals surface area contributed by atoms with Gasteiger partial charge in [0.2, 0.25) is 5.89 Å². The maximum absolute atomic E-state index is 5.35. The van der Waals surface area contributed by atoms with E-state index >= 15 is 0 Å². The highest BCUT2D eigenvalue weighted by atomic mass is 16.5. The fourth-order valence-electron chi connectivity index (χ4n) is 3.08. The van der Waals surface area contributed by atoms with Gasteiger partial charge in [0.15, 0.2) is 5.82 Å². The van der Waals surface area contributed by atoms with Gasteiger partial charge in [0.25, 0.3) is 0 Å². The molecule has 0 N–H and O–H groups in total. The largest absolute Gasteiger partial charge is 0.381 e. The van der Waals surface area contributed by atoms with Crippen LogP contribution in [0.5, 0.6) is 0 Å². The third kappa shape index (κ3) is 2.91. The lowest BCUT2D eigenvalue weighted by molar-refractivity contribution is 0.192. The highest BCUT2D eigenvalue weighted by Gasteiger charge is 2.23. The minimum atomic E-state index is 0.359. The number of aryl methyl sites for hydroxylation is 1. The van der Waals surface area contributed by atoms with Crippen LogP contribution in [0.4, 0.5) is 0 Å². The minimum Gasteiger partial charge on any atom is -0.381 e. The van der Waals surface area contributed by atoms with Gasteiger partial charge in [0.1, 0.15) is 0 Å². The quantitative estimate of drug-likeness (QED) is 0.824. The molecule has 1 saturated carbocycles. The van der Waals surface area contributed by atoms with Gasteiger partial charge in [-0.05, 0) is 18.8 Å². The van der Waals surface area contributed by atoms with Crippen LogP contribution in [-0.4, -0.2) is 23.4 Å². The Bertz CT molecular complexity index is 366. The molecule has 2 fully saturated rings. The Morgan fingerprint density at radius 2 is 2.00 bits per heavy atom. The first kappa shape index (κ1) is 12.2. The van der Waals surface area contributed by atoms with Crippen molar-refractivity contribution >= 4 is 0 Å². The van der Waals surface area contributed by atoms with Crippen LogP contribution in [-0.2, 0) is 11.2 Å². The van der Waals surface area contributed by atoms with Gasteiger partial charge in [-0.1, -0.05) is 37.3 Å². The Hall–Kier alpha value is -0.900. The molecule has 4 heteroatoms. The molecule has 1 atom stereocenters. The number of ether oxygens (including phenoxy) is 1. The summed E-state index contributed by atoms with van der Waals surface area (Å²) in [6.45, 7) is 1.58. The Kier molecular flexibility index (Phi) is 3.93. The predicted octanol–water partition coefficient (Wildman–Crippen LogP) is 3.09. The van der Waals surface area contributed by atoms with Gasteiger partial charge in [-0.25, -0.2) is 0 Å². The zero-order chi connectivity index (χ0) is 12.2. The van der Waals surface area contributed by atoms with Gasteiger partial charge in [0, 0.05) is 18.9 Å². The van der Waals surface area contributed by atoms with Crippen LogP contribution in [0.3, 0.4) is 0 Å². The summed E-state index contributed by atoms with van der Waals surface area (Å²) in [5, 5.41) is 4.10. The maximum atomic E-state index is 5.35. The first-order valence-corrected chi connectivity index (χ1v) is 7.32. The van der Waals surface area contributed by atoms with Crippen LogP contribution in [0.25, 0.3) is 0 Å². The molecular formula is C14H22N2O2. The molecule has 3 rings (SSSR count). The van der Waals surface area contributed by atoms with Crippen LogP contribution in [0.2, 0.25) is 0 Å². The first-order chi connectivity index (χ1) is 8.92. The molecule has 0 amide bonds. The molecule has 0 unspecified atom stereocenters. The van der Waals surface area contributed by atoms with Gasteiger partial charge < -0.3 is 9.26 Å². The average molecular weight is 250 g/mol. The van der Waals surface area contributed by atoms with E-state index in [9.17, 15) is 0 Å². The molecule has 1 aromatic rings. The number of nitrogens with zero attached hydrogens (tertiary/aromatic N) is 2. The Morgan fingerprint density at radius 1 is 1.11 bits per heavy atom. The van der Waals surface area contributed by atoms with E-state index in [2.05, 4.69) is 10.1 Å². The average Bonchev–Trinajstić information content (AvgIpc) is 3.08. The van der Waals surface area contributed by atoms with Crippen LogP contribution >= 0.6 is 0 Å². The fourth-order valence-corrected chi connectivity index (χ4v) is 3.08. The second kappa shape index (κ2) is 5.83. The molecule has 100 valence electrons. The zero-order valence-corrected chi connectivity index (χ0v) is 10.9. The molecule has 0 bridgehead atoms. The van der Waals surface area contributed by atoms with Crippen LogP contribution in [0.15, 0.2) is 4.52 Å². The highest BCUT2D eigenvalue weighted by molar-refractivity contribution is 4.97. The van der Waals surface area contributed by atoms with E-state index in [1.54, 1.807) is 0 Å². The van der Waals surface area contributed by atoms with Crippen molar-refractivity contribution in [2.45, 2.75) is 57.3 Å². The fraction of sp³-hybridized carbons (Fsp3) is 0.857. The van der Waals surface area contributed by atoms with E-state index in [0.29, 0.717) is 5.92 Å². The van der Waals surface area contributed by atoms with E-state index in [1.165, 1.54) is 38.5 Å². The topological polar surface area (TPSA) is 48.2 Å². The second-order valence-electron chi connectivity index (χ2n) is 5.65. The Morgan fingerprint density at radius 3 is 2.78 bits per heavy atom. The van der Waals surface area contributed by atoms with Crippen molar-refractivity contribution in [1.82, 2.24) is 10.1 Å². The minimum absolute atomic E-state index is 0.359. The standard InChI is InChI=1S/C14H22N2O2/c1-2-4-11(5-3-1)6-7-13-15-14(16-18-13)12-8-9-17-10-12/h11-12H,1-10H2/t12-/m1/s1. The van der Waals surface area contributed by atoms with E-state index in [1.807, 2.05) is 0 Å². The Labute approximate surface area is 108 Å².